The first kappa shape index (κ1) is 17.1. The van der Waals surface area contributed by atoms with Gasteiger partial charge in [-0.1, -0.05) is 0 Å². The molecule has 0 saturated heterocycles. The Hall–Kier alpha value is -2.70. The topological polar surface area (TPSA) is 69.9 Å². The van der Waals surface area contributed by atoms with E-state index >= 15 is 0 Å². The summed E-state index contributed by atoms with van der Waals surface area (Å²) >= 11 is 0. The fourth-order valence-corrected chi connectivity index (χ4v) is 3.17. The normalized spacial score (nSPS) is 11.3. The predicted molar refractivity (Wildman–Crippen MR) is 99.0 cm³/mol. The molecule has 3 aromatic rings. The molecule has 0 bridgehead atoms. The Morgan fingerprint density at radius 2 is 1.84 bits per heavy atom. The third-order valence-electron chi connectivity index (χ3n) is 4.33. The van der Waals surface area contributed by atoms with E-state index in [1.54, 1.807) is 13.2 Å². The fraction of sp³-hybridized carbons (Fsp3) is 0.263. The zero-order valence-electron chi connectivity index (χ0n) is 14.9. The van der Waals surface area contributed by atoms with Gasteiger partial charge in [0.2, 0.25) is 0 Å². The SMILES string of the molecule is COc1ccc(-n2c(C)c(NO)c3cc(CN(C)C)c(O)cc32)cc1. The first-order valence-corrected chi connectivity index (χ1v) is 8.02. The van der Waals surface area contributed by atoms with Crippen LogP contribution in [-0.4, -0.2) is 41.0 Å². The number of phenolic OH excluding ortho intramolecular Hbond substituents is 1. The summed E-state index contributed by atoms with van der Waals surface area (Å²) in [6, 6.07) is 11.3. The molecule has 3 N–H and O–H groups in total. The Labute approximate surface area is 146 Å². The number of rotatable bonds is 5. The number of aromatic hydroxyl groups is 1. The zero-order valence-corrected chi connectivity index (χ0v) is 14.9. The Bertz CT molecular complexity index is 899. The van der Waals surface area contributed by atoms with E-state index in [2.05, 4.69) is 5.48 Å². The van der Waals surface area contributed by atoms with Gasteiger partial charge in [0, 0.05) is 34.9 Å². The summed E-state index contributed by atoms with van der Waals surface area (Å²) in [4.78, 5) is 1.99. The number of phenols is 1. The van der Waals surface area contributed by atoms with Crippen LogP contribution >= 0.6 is 0 Å². The minimum atomic E-state index is 0.234. The van der Waals surface area contributed by atoms with Crippen molar-refractivity contribution < 1.29 is 15.1 Å². The van der Waals surface area contributed by atoms with Crippen molar-refractivity contribution in [2.24, 2.45) is 0 Å². The lowest BCUT2D eigenvalue weighted by Gasteiger charge is -2.13. The van der Waals surface area contributed by atoms with Gasteiger partial charge in [0.25, 0.3) is 0 Å². The molecule has 0 aliphatic heterocycles. The molecule has 1 heterocycles. The van der Waals surface area contributed by atoms with E-state index in [0.29, 0.717) is 12.2 Å². The summed E-state index contributed by atoms with van der Waals surface area (Å²) in [5, 5.41) is 20.9. The van der Waals surface area contributed by atoms with Gasteiger partial charge in [-0.2, -0.15) is 0 Å². The highest BCUT2D eigenvalue weighted by atomic mass is 16.5. The smallest absolute Gasteiger partial charge is 0.122 e. The molecule has 0 aliphatic rings. The lowest BCUT2D eigenvalue weighted by molar-refractivity contribution is 0.386. The van der Waals surface area contributed by atoms with Gasteiger partial charge in [-0.25, -0.2) is 0 Å². The van der Waals surface area contributed by atoms with Gasteiger partial charge < -0.3 is 19.3 Å². The number of benzene rings is 2. The molecule has 6 heteroatoms. The standard InChI is InChI=1S/C19H23N3O3/c1-12-19(20-24)16-9-13(11-21(2)3)18(23)10-17(16)22(12)14-5-7-15(25-4)8-6-14/h5-10,20,23-24H,11H2,1-4H3. The van der Waals surface area contributed by atoms with E-state index in [9.17, 15) is 10.3 Å². The summed E-state index contributed by atoms with van der Waals surface area (Å²) in [6.07, 6.45) is 0. The maximum atomic E-state index is 10.4. The van der Waals surface area contributed by atoms with Crippen LogP contribution in [0.25, 0.3) is 16.6 Å². The quantitative estimate of drug-likeness (QED) is 0.620. The molecule has 3 rings (SSSR count). The molecular formula is C19H23N3O3. The number of nitrogens with zero attached hydrogens (tertiary/aromatic N) is 2. The zero-order chi connectivity index (χ0) is 18.1. The van der Waals surface area contributed by atoms with Crippen molar-refractivity contribution in [1.82, 2.24) is 9.47 Å². The second-order valence-corrected chi connectivity index (χ2v) is 6.34. The summed E-state index contributed by atoms with van der Waals surface area (Å²) in [5.74, 6) is 1.01. The molecule has 0 fully saturated rings. The molecule has 132 valence electrons. The lowest BCUT2D eigenvalue weighted by Crippen LogP contribution is -2.10. The molecule has 0 saturated carbocycles. The second-order valence-electron chi connectivity index (χ2n) is 6.34. The lowest BCUT2D eigenvalue weighted by atomic mass is 10.1. The molecule has 0 radical (unpaired) electrons. The van der Waals surface area contributed by atoms with Crippen LogP contribution in [0, 0.1) is 6.92 Å². The van der Waals surface area contributed by atoms with Crippen LogP contribution in [-0.2, 0) is 6.54 Å². The van der Waals surface area contributed by atoms with Crippen molar-refractivity contribution in [2.75, 3.05) is 26.7 Å². The number of hydrogen-bond acceptors (Lipinski definition) is 5. The maximum absolute atomic E-state index is 10.4. The number of hydrogen-bond donors (Lipinski definition) is 3. The molecule has 6 nitrogen and oxygen atoms in total. The first-order chi connectivity index (χ1) is 12.0. The van der Waals surface area contributed by atoms with Gasteiger partial charge in [0.05, 0.1) is 18.3 Å². The minimum Gasteiger partial charge on any atom is -0.508 e. The third kappa shape index (κ3) is 3.01. The third-order valence-corrected chi connectivity index (χ3v) is 4.33. The van der Waals surface area contributed by atoms with E-state index in [4.69, 9.17) is 4.74 Å². The van der Waals surface area contributed by atoms with Gasteiger partial charge in [-0.15, -0.1) is 0 Å². The van der Waals surface area contributed by atoms with Crippen molar-refractivity contribution in [3.05, 3.63) is 47.7 Å². The van der Waals surface area contributed by atoms with Crippen LogP contribution in [0.3, 0.4) is 0 Å². The average molecular weight is 341 g/mol. The van der Waals surface area contributed by atoms with Gasteiger partial charge in [0.15, 0.2) is 0 Å². The Kier molecular flexibility index (Phi) is 4.57. The van der Waals surface area contributed by atoms with E-state index in [-0.39, 0.29) is 5.75 Å². The average Bonchev–Trinajstić information content (AvgIpc) is 2.85. The number of nitrogens with one attached hydrogen (secondary N) is 1. The summed E-state index contributed by atoms with van der Waals surface area (Å²) < 4.78 is 7.21. The fourth-order valence-electron chi connectivity index (χ4n) is 3.17. The molecule has 0 amide bonds. The monoisotopic (exact) mass is 341 g/mol. The van der Waals surface area contributed by atoms with Gasteiger partial charge in [-0.05, 0) is 51.4 Å². The van der Waals surface area contributed by atoms with E-state index in [1.165, 1.54) is 0 Å². The van der Waals surface area contributed by atoms with Crippen molar-refractivity contribution in [3.63, 3.8) is 0 Å². The number of ether oxygens (including phenoxy) is 1. The molecule has 1 aromatic heterocycles. The molecule has 25 heavy (non-hydrogen) atoms. The summed E-state index contributed by atoms with van der Waals surface area (Å²) in [7, 11) is 5.52. The van der Waals surface area contributed by atoms with Crippen LogP contribution in [0.4, 0.5) is 5.69 Å². The second kappa shape index (κ2) is 6.66. The number of anilines is 1. The highest BCUT2D eigenvalue weighted by Crippen LogP contribution is 2.37. The molecule has 0 atom stereocenters. The van der Waals surface area contributed by atoms with E-state index < -0.39 is 0 Å². The Balaban J connectivity index is 2.24. The van der Waals surface area contributed by atoms with Crippen LogP contribution in [0.1, 0.15) is 11.3 Å². The molecule has 0 unspecified atom stereocenters. The van der Waals surface area contributed by atoms with Crippen molar-refractivity contribution in [2.45, 2.75) is 13.5 Å². The maximum Gasteiger partial charge on any atom is 0.122 e. The van der Waals surface area contributed by atoms with Gasteiger partial charge in [-0.3, -0.25) is 10.7 Å². The van der Waals surface area contributed by atoms with Crippen LogP contribution < -0.4 is 10.2 Å². The Morgan fingerprint density at radius 1 is 1.16 bits per heavy atom. The van der Waals surface area contributed by atoms with Crippen LogP contribution in [0.2, 0.25) is 0 Å². The summed E-state index contributed by atoms with van der Waals surface area (Å²) in [6.45, 7) is 2.53. The van der Waals surface area contributed by atoms with Gasteiger partial charge >= 0.3 is 0 Å². The van der Waals surface area contributed by atoms with Crippen molar-refractivity contribution >= 4 is 16.6 Å². The largest absolute Gasteiger partial charge is 0.508 e. The highest BCUT2D eigenvalue weighted by molar-refractivity contribution is 5.97. The van der Waals surface area contributed by atoms with E-state index in [0.717, 1.165) is 33.6 Å². The number of aromatic nitrogens is 1. The number of methoxy groups -OCH3 is 1. The van der Waals surface area contributed by atoms with Crippen molar-refractivity contribution in [3.8, 4) is 17.2 Å². The van der Waals surface area contributed by atoms with Gasteiger partial charge in [0.1, 0.15) is 11.5 Å². The molecular weight excluding hydrogens is 318 g/mol. The van der Waals surface area contributed by atoms with E-state index in [1.807, 2.05) is 60.8 Å². The molecule has 0 spiro atoms. The summed E-state index contributed by atoms with van der Waals surface area (Å²) in [5.41, 5.74) is 6.34. The number of fused-ring (bicyclic) bond motifs is 1. The van der Waals surface area contributed by atoms with Crippen LogP contribution in [0.15, 0.2) is 36.4 Å². The predicted octanol–water partition coefficient (Wildman–Crippen LogP) is 3.52. The minimum absolute atomic E-state index is 0.234. The molecule has 0 aliphatic carbocycles. The van der Waals surface area contributed by atoms with Crippen LogP contribution in [0.5, 0.6) is 11.5 Å². The first-order valence-electron chi connectivity index (χ1n) is 8.02. The Morgan fingerprint density at radius 3 is 2.40 bits per heavy atom. The highest BCUT2D eigenvalue weighted by Gasteiger charge is 2.18. The van der Waals surface area contributed by atoms with Crippen molar-refractivity contribution in [1.29, 1.82) is 0 Å². The molecule has 2 aromatic carbocycles.